The van der Waals surface area contributed by atoms with Crippen LogP contribution in [0.25, 0.3) is 0 Å². The van der Waals surface area contributed by atoms with Crippen molar-refractivity contribution >= 4 is 11.6 Å². The second-order valence-corrected chi connectivity index (χ2v) is 4.85. The predicted octanol–water partition coefficient (Wildman–Crippen LogP) is 1.78. The Kier molecular flexibility index (Phi) is 4.87. The van der Waals surface area contributed by atoms with Gasteiger partial charge in [0.15, 0.2) is 0 Å². The number of carbonyl (C=O) groups is 1. The zero-order chi connectivity index (χ0) is 13.7. The van der Waals surface area contributed by atoms with E-state index in [0.717, 1.165) is 19.6 Å². The number of hydrogen-bond acceptors (Lipinski definition) is 3. The van der Waals surface area contributed by atoms with Crippen LogP contribution in [0.4, 0.5) is 10.1 Å². The predicted molar refractivity (Wildman–Crippen MR) is 71.4 cm³/mol. The van der Waals surface area contributed by atoms with Gasteiger partial charge in [0.1, 0.15) is 5.82 Å². The Bertz CT molecular complexity index is 433. The minimum Gasteiger partial charge on any atom is -0.381 e. The van der Waals surface area contributed by atoms with E-state index in [1.165, 1.54) is 12.1 Å². The van der Waals surface area contributed by atoms with Gasteiger partial charge in [-0.25, -0.2) is 4.39 Å². The van der Waals surface area contributed by atoms with Crippen molar-refractivity contribution in [1.82, 2.24) is 5.32 Å². The monoisotopic (exact) mass is 266 g/mol. The fourth-order valence-corrected chi connectivity index (χ4v) is 2.14. The number of ether oxygens (including phenoxy) is 1. The SMILES string of the molecule is CC(NCC(=O)Nc1cccc(F)c1)C1CCOC1. The number of carbonyl (C=O) groups excluding carboxylic acids is 1. The Morgan fingerprint density at radius 3 is 3.11 bits per heavy atom. The molecule has 0 spiro atoms. The molecule has 104 valence electrons. The van der Waals surface area contributed by atoms with Gasteiger partial charge in [-0.1, -0.05) is 6.07 Å². The van der Waals surface area contributed by atoms with E-state index in [4.69, 9.17) is 4.74 Å². The van der Waals surface area contributed by atoms with Crippen molar-refractivity contribution in [1.29, 1.82) is 0 Å². The minimum absolute atomic E-state index is 0.170. The highest BCUT2D eigenvalue weighted by Crippen LogP contribution is 2.16. The maximum absolute atomic E-state index is 13.0. The van der Waals surface area contributed by atoms with Crippen LogP contribution in [-0.4, -0.2) is 31.7 Å². The number of amides is 1. The van der Waals surface area contributed by atoms with Crippen molar-refractivity contribution in [2.75, 3.05) is 25.1 Å². The fraction of sp³-hybridized carbons (Fsp3) is 0.500. The minimum atomic E-state index is -0.359. The molecule has 2 unspecified atom stereocenters. The van der Waals surface area contributed by atoms with Crippen molar-refractivity contribution in [3.05, 3.63) is 30.1 Å². The van der Waals surface area contributed by atoms with Gasteiger partial charge in [-0.15, -0.1) is 0 Å². The number of anilines is 1. The fourth-order valence-electron chi connectivity index (χ4n) is 2.14. The Labute approximate surface area is 112 Å². The van der Waals surface area contributed by atoms with Crippen molar-refractivity contribution in [2.24, 2.45) is 5.92 Å². The molecule has 4 nitrogen and oxygen atoms in total. The number of nitrogens with one attached hydrogen (secondary N) is 2. The Morgan fingerprint density at radius 1 is 1.58 bits per heavy atom. The second kappa shape index (κ2) is 6.63. The smallest absolute Gasteiger partial charge is 0.238 e. The molecule has 0 aliphatic carbocycles. The van der Waals surface area contributed by atoms with Crippen LogP contribution >= 0.6 is 0 Å². The molecule has 0 saturated carbocycles. The summed E-state index contributed by atoms with van der Waals surface area (Å²) in [5, 5.41) is 5.83. The molecule has 2 atom stereocenters. The molecule has 1 aromatic carbocycles. The summed E-state index contributed by atoms with van der Waals surface area (Å²) in [6.45, 7) is 3.81. The van der Waals surface area contributed by atoms with E-state index in [9.17, 15) is 9.18 Å². The molecule has 1 heterocycles. The molecule has 1 amide bonds. The van der Waals surface area contributed by atoms with E-state index in [2.05, 4.69) is 17.6 Å². The van der Waals surface area contributed by atoms with Crippen LogP contribution < -0.4 is 10.6 Å². The summed E-state index contributed by atoms with van der Waals surface area (Å²) in [6.07, 6.45) is 1.03. The molecule has 1 saturated heterocycles. The Balaban J connectivity index is 1.75. The van der Waals surface area contributed by atoms with Gasteiger partial charge in [0, 0.05) is 18.3 Å². The summed E-state index contributed by atoms with van der Waals surface area (Å²) in [7, 11) is 0. The zero-order valence-electron chi connectivity index (χ0n) is 11.0. The molecule has 2 N–H and O–H groups in total. The number of hydrogen-bond donors (Lipinski definition) is 2. The van der Waals surface area contributed by atoms with Gasteiger partial charge in [0.05, 0.1) is 13.2 Å². The summed E-state index contributed by atoms with van der Waals surface area (Å²) in [4.78, 5) is 11.7. The first-order valence-corrected chi connectivity index (χ1v) is 6.51. The van der Waals surface area contributed by atoms with Crippen molar-refractivity contribution < 1.29 is 13.9 Å². The van der Waals surface area contributed by atoms with Crippen molar-refractivity contribution in [2.45, 2.75) is 19.4 Å². The molecule has 1 fully saturated rings. The van der Waals surface area contributed by atoms with Crippen LogP contribution in [0.15, 0.2) is 24.3 Å². The van der Waals surface area contributed by atoms with Gasteiger partial charge in [0.25, 0.3) is 0 Å². The van der Waals surface area contributed by atoms with Gasteiger partial charge < -0.3 is 15.4 Å². The van der Waals surface area contributed by atoms with Crippen LogP contribution in [0.3, 0.4) is 0 Å². The lowest BCUT2D eigenvalue weighted by Gasteiger charge is -2.18. The summed E-state index contributed by atoms with van der Waals surface area (Å²) < 4.78 is 18.3. The van der Waals surface area contributed by atoms with Gasteiger partial charge in [-0.2, -0.15) is 0 Å². The summed E-state index contributed by atoms with van der Waals surface area (Å²) in [5.74, 6) is -0.0689. The highest BCUT2D eigenvalue weighted by Gasteiger charge is 2.22. The molecular formula is C14H19FN2O2. The highest BCUT2D eigenvalue weighted by molar-refractivity contribution is 5.92. The molecule has 19 heavy (non-hydrogen) atoms. The standard InChI is InChI=1S/C14H19FN2O2/c1-10(11-5-6-19-9-11)16-8-14(18)17-13-4-2-3-12(15)7-13/h2-4,7,10-11,16H,5-6,8-9H2,1H3,(H,17,18). The first-order chi connectivity index (χ1) is 9.15. The number of halogens is 1. The lowest BCUT2D eigenvalue weighted by molar-refractivity contribution is -0.115. The average molecular weight is 266 g/mol. The maximum Gasteiger partial charge on any atom is 0.238 e. The normalized spacial score (nSPS) is 20.2. The number of benzene rings is 1. The van der Waals surface area contributed by atoms with E-state index in [-0.39, 0.29) is 24.3 Å². The van der Waals surface area contributed by atoms with E-state index in [1.54, 1.807) is 12.1 Å². The molecule has 5 heteroatoms. The van der Waals surface area contributed by atoms with Crippen LogP contribution in [0.5, 0.6) is 0 Å². The molecular weight excluding hydrogens is 247 g/mol. The van der Waals surface area contributed by atoms with E-state index >= 15 is 0 Å². The van der Waals surface area contributed by atoms with Crippen LogP contribution in [0.1, 0.15) is 13.3 Å². The third-order valence-corrected chi connectivity index (χ3v) is 3.36. The quantitative estimate of drug-likeness (QED) is 0.854. The van der Waals surface area contributed by atoms with E-state index in [1.807, 2.05) is 0 Å². The van der Waals surface area contributed by atoms with Gasteiger partial charge >= 0.3 is 0 Å². The highest BCUT2D eigenvalue weighted by atomic mass is 19.1. The molecule has 2 rings (SSSR count). The summed E-state index contributed by atoms with van der Waals surface area (Å²) >= 11 is 0. The average Bonchev–Trinajstić information content (AvgIpc) is 2.90. The molecule has 1 aromatic rings. The second-order valence-electron chi connectivity index (χ2n) is 4.85. The van der Waals surface area contributed by atoms with E-state index in [0.29, 0.717) is 11.6 Å². The van der Waals surface area contributed by atoms with Crippen molar-refractivity contribution in [3.8, 4) is 0 Å². The molecule has 0 bridgehead atoms. The van der Waals surface area contributed by atoms with Gasteiger partial charge in [-0.3, -0.25) is 4.79 Å². The third-order valence-electron chi connectivity index (χ3n) is 3.36. The third kappa shape index (κ3) is 4.29. The molecule has 1 aliphatic rings. The first kappa shape index (κ1) is 14.0. The largest absolute Gasteiger partial charge is 0.381 e. The Hall–Kier alpha value is -1.46. The lowest BCUT2D eigenvalue weighted by Crippen LogP contribution is -2.39. The number of rotatable bonds is 5. The topological polar surface area (TPSA) is 50.4 Å². The first-order valence-electron chi connectivity index (χ1n) is 6.51. The van der Waals surface area contributed by atoms with Gasteiger partial charge in [-0.05, 0) is 37.5 Å². The lowest BCUT2D eigenvalue weighted by atomic mass is 10.0. The van der Waals surface area contributed by atoms with Gasteiger partial charge in [0.2, 0.25) is 5.91 Å². The van der Waals surface area contributed by atoms with Crippen molar-refractivity contribution in [3.63, 3.8) is 0 Å². The van der Waals surface area contributed by atoms with Crippen LogP contribution in [0, 0.1) is 11.7 Å². The summed E-state index contributed by atoms with van der Waals surface area (Å²) in [5.41, 5.74) is 0.476. The Morgan fingerprint density at radius 2 is 2.42 bits per heavy atom. The summed E-state index contributed by atoms with van der Waals surface area (Å²) in [6, 6.07) is 6.11. The molecule has 0 radical (unpaired) electrons. The van der Waals surface area contributed by atoms with E-state index < -0.39 is 0 Å². The van der Waals surface area contributed by atoms with Crippen LogP contribution in [-0.2, 0) is 9.53 Å². The zero-order valence-corrected chi connectivity index (χ0v) is 11.0. The maximum atomic E-state index is 13.0. The molecule has 0 aromatic heterocycles. The van der Waals surface area contributed by atoms with Crippen LogP contribution in [0.2, 0.25) is 0 Å². The molecule has 1 aliphatic heterocycles.